The summed E-state index contributed by atoms with van der Waals surface area (Å²) < 4.78 is 0. The molecule has 1 fully saturated rings. The lowest BCUT2D eigenvalue weighted by atomic mass is 9.79. The van der Waals surface area contributed by atoms with Crippen LogP contribution in [0.4, 0.5) is 0 Å². The second-order valence-corrected chi connectivity index (χ2v) is 6.30. The fourth-order valence-electron chi connectivity index (χ4n) is 3.16. The van der Waals surface area contributed by atoms with Gasteiger partial charge in [-0.25, -0.2) is 0 Å². The van der Waals surface area contributed by atoms with Crippen molar-refractivity contribution >= 4 is 0 Å². The van der Waals surface area contributed by atoms with Crippen LogP contribution < -0.4 is 5.32 Å². The van der Waals surface area contributed by atoms with Crippen LogP contribution in [0.25, 0.3) is 0 Å². The molecule has 1 unspecified atom stereocenters. The zero-order chi connectivity index (χ0) is 13.8. The topological polar surface area (TPSA) is 15.3 Å². The van der Waals surface area contributed by atoms with Crippen LogP contribution in [0.15, 0.2) is 18.2 Å². The van der Waals surface area contributed by atoms with E-state index in [9.17, 15) is 0 Å². The van der Waals surface area contributed by atoms with Crippen molar-refractivity contribution < 1.29 is 0 Å². The molecular formula is C17H28N2. The third-order valence-electron chi connectivity index (χ3n) is 4.47. The van der Waals surface area contributed by atoms with E-state index in [1.165, 1.54) is 42.6 Å². The van der Waals surface area contributed by atoms with Gasteiger partial charge in [-0.1, -0.05) is 18.2 Å². The van der Waals surface area contributed by atoms with Gasteiger partial charge in [-0.05, 0) is 82.4 Å². The summed E-state index contributed by atoms with van der Waals surface area (Å²) in [5, 5.41) is 3.48. The molecule has 1 aliphatic heterocycles. The predicted octanol–water partition coefficient (Wildman–Crippen LogP) is 2.95. The number of hydrogen-bond acceptors (Lipinski definition) is 2. The molecule has 0 radical (unpaired) electrons. The maximum Gasteiger partial charge on any atom is 0.00469 e. The van der Waals surface area contributed by atoms with Crippen molar-refractivity contribution in [2.75, 3.05) is 33.7 Å². The summed E-state index contributed by atoms with van der Waals surface area (Å²) in [4.78, 5) is 2.34. The summed E-state index contributed by atoms with van der Waals surface area (Å²) >= 11 is 0. The lowest BCUT2D eigenvalue weighted by molar-refractivity contribution is 0.261. The molecule has 19 heavy (non-hydrogen) atoms. The van der Waals surface area contributed by atoms with Crippen molar-refractivity contribution in [2.24, 2.45) is 5.92 Å². The molecule has 0 aliphatic carbocycles. The van der Waals surface area contributed by atoms with Crippen LogP contribution in [0, 0.1) is 19.8 Å². The first-order valence-corrected chi connectivity index (χ1v) is 7.50. The minimum Gasteiger partial charge on any atom is -0.317 e. The first-order chi connectivity index (χ1) is 9.08. The summed E-state index contributed by atoms with van der Waals surface area (Å²) in [6.45, 7) is 7.95. The second kappa shape index (κ2) is 6.53. The molecule has 1 aromatic carbocycles. The van der Waals surface area contributed by atoms with Crippen molar-refractivity contribution in [1.29, 1.82) is 0 Å². The Morgan fingerprint density at radius 2 is 1.84 bits per heavy atom. The average molecular weight is 260 g/mol. The summed E-state index contributed by atoms with van der Waals surface area (Å²) in [7, 11) is 4.38. The van der Waals surface area contributed by atoms with Crippen molar-refractivity contribution in [1.82, 2.24) is 10.2 Å². The first-order valence-electron chi connectivity index (χ1n) is 7.50. The third-order valence-corrected chi connectivity index (χ3v) is 4.47. The van der Waals surface area contributed by atoms with E-state index in [-0.39, 0.29) is 0 Å². The lowest BCUT2D eigenvalue weighted by Gasteiger charge is -2.33. The summed E-state index contributed by atoms with van der Waals surface area (Å²) in [6.07, 6.45) is 2.62. The highest BCUT2D eigenvalue weighted by Crippen LogP contribution is 2.32. The zero-order valence-electron chi connectivity index (χ0n) is 12.9. The average Bonchev–Trinajstić information content (AvgIpc) is 2.40. The van der Waals surface area contributed by atoms with Crippen LogP contribution in [0.2, 0.25) is 0 Å². The largest absolute Gasteiger partial charge is 0.317 e. The molecule has 1 saturated heterocycles. The maximum absolute atomic E-state index is 3.48. The molecule has 1 atom stereocenters. The number of piperidine rings is 1. The molecule has 0 spiro atoms. The molecular weight excluding hydrogens is 232 g/mol. The minimum absolute atomic E-state index is 0.677. The van der Waals surface area contributed by atoms with Gasteiger partial charge >= 0.3 is 0 Å². The standard InChI is InChI=1S/C17H28N2/c1-13-5-6-16(11-14(13)2)17(12-19(3)4)15-7-9-18-10-8-15/h5-6,11,15,17-18H,7-10,12H2,1-4H3. The zero-order valence-corrected chi connectivity index (χ0v) is 12.9. The van der Waals surface area contributed by atoms with E-state index in [1.54, 1.807) is 0 Å². The van der Waals surface area contributed by atoms with Crippen molar-refractivity contribution in [3.63, 3.8) is 0 Å². The second-order valence-electron chi connectivity index (χ2n) is 6.30. The Kier molecular flexibility index (Phi) is 5.00. The van der Waals surface area contributed by atoms with Crippen LogP contribution in [0.5, 0.6) is 0 Å². The highest BCUT2D eigenvalue weighted by atomic mass is 15.1. The minimum atomic E-state index is 0.677. The maximum atomic E-state index is 3.48. The third kappa shape index (κ3) is 3.80. The number of nitrogens with one attached hydrogen (secondary N) is 1. The first kappa shape index (κ1) is 14.5. The molecule has 1 aromatic rings. The van der Waals surface area contributed by atoms with E-state index in [0.29, 0.717) is 5.92 Å². The Labute approximate surface area is 118 Å². The number of rotatable bonds is 4. The predicted molar refractivity (Wildman–Crippen MR) is 82.8 cm³/mol. The molecule has 0 amide bonds. The van der Waals surface area contributed by atoms with Crippen molar-refractivity contribution in [3.8, 4) is 0 Å². The Morgan fingerprint density at radius 3 is 2.42 bits per heavy atom. The van der Waals surface area contributed by atoms with E-state index in [2.05, 4.69) is 56.4 Å². The molecule has 106 valence electrons. The highest BCUT2D eigenvalue weighted by Gasteiger charge is 2.25. The van der Waals surface area contributed by atoms with Crippen LogP contribution in [0.3, 0.4) is 0 Å². The van der Waals surface area contributed by atoms with Gasteiger partial charge in [0.15, 0.2) is 0 Å². The van der Waals surface area contributed by atoms with Gasteiger partial charge in [0.25, 0.3) is 0 Å². The molecule has 1 N–H and O–H groups in total. The van der Waals surface area contributed by atoms with Crippen molar-refractivity contribution in [3.05, 3.63) is 34.9 Å². The van der Waals surface area contributed by atoms with Gasteiger partial charge in [0.05, 0.1) is 0 Å². The van der Waals surface area contributed by atoms with Gasteiger partial charge < -0.3 is 10.2 Å². The lowest BCUT2D eigenvalue weighted by Crippen LogP contribution is -2.34. The molecule has 1 heterocycles. The SMILES string of the molecule is Cc1ccc(C(CN(C)C)C2CCNCC2)cc1C. The van der Waals surface area contributed by atoms with E-state index in [4.69, 9.17) is 0 Å². The van der Waals surface area contributed by atoms with E-state index in [0.717, 1.165) is 12.5 Å². The molecule has 2 rings (SSSR count). The molecule has 1 aliphatic rings. The van der Waals surface area contributed by atoms with Crippen LogP contribution in [-0.2, 0) is 0 Å². The molecule has 0 bridgehead atoms. The fraction of sp³-hybridized carbons (Fsp3) is 0.647. The Balaban J connectivity index is 2.22. The van der Waals surface area contributed by atoms with Gasteiger partial charge in [0.1, 0.15) is 0 Å². The van der Waals surface area contributed by atoms with Crippen LogP contribution >= 0.6 is 0 Å². The van der Waals surface area contributed by atoms with E-state index < -0.39 is 0 Å². The number of likely N-dealkylation sites (N-methyl/N-ethyl adjacent to an activating group) is 1. The number of aryl methyl sites for hydroxylation is 2. The number of nitrogens with zero attached hydrogens (tertiary/aromatic N) is 1. The molecule has 0 saturated carbocycles. The summed E-state index contributed by atoms with van der Waals surface area (Å²) in [5.41, 5.74) is 4.36. The monoisotopic (exact) mass is 260 g/mol. The molecule has 2 nitrogen and oxygen atoms in total. The van der Waals surface area contributed by atoms with Gasteiger partial charge in [-0.15, -0.1) is 0 Å². The van der Waals surface area contributed by atoms with Crippen LogP contribution in [-0.4, -0.2) is 38.6 Å². The van der Waals surface area contributed by atoms with Gasteiger partial charge in [0.2, 0.25) is 0 Å². The molecule has 0 aromatic heterocycles. The van der Waals surface area contributed by atoms with E-state index in [1.807, 2.05) is 0 Å². The van der Waals surface area contributed by atoms with Gasteiger partial charge in [-0.3, -0.25) is 0 Å². The fourth-order valence-corrected chi connectivity index (χ4v) is 3.16. The Hall–Kier alpha value is -0.860. The normalized spacial score (nSPS) is 18.8. The summed E-state index contributed by atoms with van der Waals surface area (Å²) in [5.74, 6) is 1.50. The van der Waals surface area contributed by atoms with Gasteiger partial charge in [-0.2, -0.15) is 0 Å². The Bertz CT molecular complexity index is 406. The summed E-state index contributed by atoms with van der Waals surface area (Å²) in [6, 6.07) is 7.04. The number of hydrogen-bond donors (Lipinski definition) is 1. The Morgan fingerprint density at radius 1 is 1.16 bits per heavy atom. The van der Waals surface area contributed by atoms with E-state index >= 15 is 0 Å². The van der Waals surface area contributed by atoms with Gasteiger partial charge in [0, 0.05) is 6.54 Å². The highest BCUT2D eigenvalue weighted by molar-refractivity contribution is 5.32. The van der Waals surface area contributed by atoms with Crippen molar-refractivity contribution in [2.45, 2.75) is 32.6 Å². The molecule has 2 heteroatoms. The quantitative estimate of drug-likeness (QED) is 0.895. The van der Waals surface area contributed by atoms with Crippen LogP contribution in [0.1, 0.15) is 35.4 Å². The smallest absolute Gasteiger partial charge is 0.00469 e. The number of benzene rings is 1.